The van der Waals surface area contributed by atoms with Gasteiger partial charge < -0.3 is 10.3 Å². The zero-order valence-electron chi connectivity index (χ0n) is 13.3. The maximum atomic E-state index is 12.7. The Hall–Kier alpha value is -3.14. The summed E-state index contributed by atoms with van der Waals surface area (Å²) in [5, 5.41) is 5.04. The smallest absolute Gasteiger partial charge is 0.252 e. The molecule has 0 spiro atoms. The number of benzene rings is 3. The zero-order valence-corrected chi connectivity index (χ0v) is 13.3. The van der Waals surface area contributed by atoms with Crippen molar-refractivity contribution in [3.8, 4) is 0 Å². The van der Waals surface area contributed by atoms with Crippen molar-refractivity contribution in [3.63, 3.8) is 0 Å². The normalized spacial score (nSPS) is 12.4. The predicted octanol–water partition coefficient (Wildman–Crippen LogP) is 4.21. The van der Waals surface area contributed by atoms with Crippen LogP contribution in [0.3, 0.4) is 0 Å². The summed E-state index contributed by atoms with van der Waals surface area (Å²) in [5.41, 5.74) is 2.55. The van der Waals surface area contributed by atoms with Crippen LogP contribution in [0.25, 0.3) is 21.8 Å². The lowest BCUT2D eigenvalue weighted by Crippen LogP contribution is -2.27. The lowest BCUT2D eigenvalue weighted by Gasteiger charge is -2.13. The molecule has 1 unspecified atom stereocenters. The molecule has 118 valence electrons. The van der Waals surface area contributed by atoms with Gasteiger partial charge in [0.15, 0.2) is 0 Å². The van der Waals surface area contributed by atoms with E-state index in [-0.39, 0.29) is 11.9 Å². The number of hydrogen-bond donors (Lipinski definition) is 2. The third-order valence-corrected chi connectivity index (χ3v) is 4.20. The van der Waals surface area contributed by atoms with E-state index in [1.54, 1.807) is 0 Å². The minimum atomic E-state index is -0.205. The number of imidazole rings is 1. The minimum Gasteiger partial charge on any atom is -0.342 e. The van der Waals surface area contributed by atoms with Crippen molar-refractivity contribution in [1.82, 2.24) is 15.3 Å². The molecular formula is C20H17N3O. The fourth-order valence-corrected chi connectivity index (χ4v) is 2.94. The summed E-state index contributed by atoms with van der Waals surface area (Å²) in [5.74, 6) is 0.657. The first-order valence-electron chi connectivity index (χ1n) is 7.95. The molecule has 1 heterocycles. The van der Waals surface area contributed by atoms with Crippen LogP contribution in [0.15, 0.2) is 66.7 Å². The lowest BCUT2D eigenvalue weighted by molar-refractivity contribution is 0.0940. The number of aromatic nitrogens is 2. The van der Waals surface area contributed by atoms with E-state index in [9.17, 15) is 4.79 Å². The number of carbonyl (C=O) groups is 1. The molecule has 4 heteroatoms. The SMILES string of the molecule is CC(NC(=O)c1cccc2ccccc12)c1nc2ccccc2[nH]1. The monoisotopic (exact) mass is 315 g/mol. The molecule has 3 aromatic carbocycles. The van der Waals surface area contributed by atoms with E-state index in [2.05, 4.69) is 15.3 Å². The average Bonchev–Trinajstić information content (AvgIpc) is 3.05. The average molecular weight is 315 g/mol. The van der Waals surface area contributed by atoms with Crippen LogP contribution in [0.4, 0.5) is 0 Å². The Morgan fingerprint density at radius 3 is 2.62 bits per heavy atom. The second-order valence-electron chi connectivity index (χ2n) is 5.86. The third kappa shape index (κ3) is 2.52. The molecule has 4 nitrogen and oxygen atoms in total. The maximum Gasteiger partial charge on any atom is 0.252 e. The summed E-state index contributed by atoms with van der Waals surface area (Å²) in [6.07, 6.45) is 0. The Labute approximate surface area is 139 Å². The molecule has 0 saturated heterocycles. The number of nitrogens with zero attached hydrogens (tertiary/aromatic N) is 1. The van der Waals surface area contributed by atoms with Gasteiger partial charge in [0, 0.05) is 5.56 Å². The summed E-state index contributed by atoms with van der Waals surface area (Å²) in [7, 11) is 0. The summed E-state index contributed by atoms with van der Waals surface area (Å²) in [4.78, 5) is 20.5. The first kappa shape index (κ1) is 14.5. The third-order valence-electron chi connectivity index (χ3n) is 4.20. The highest BCUT2D eigenvalue weighted by Crippen LogP contribution is 2.20. The van der Waals surface area contributed by atoms with Gasteiger partial charge in [-0.25, -0.2) is 4.98 Å². The van der Waals surface area contributed by atoms with E-state index in [1.165, 1.54) is 0 Å². The number of carbonyl (C=O) groups excluding carboxylic acids is 1. The number of para-hydroxylation sites is 2. The van der Waals surface area contributed by atoms with Crippen LogP contribution >= 0.6 is 0 Å². The quantitative estimate of drug-likeness (QED) is 0.595. The minimum absolute atomic E-state index is 0.0974. The summed E-state index contributed by atoms with van der Waals surface area (Å²) < 4.78 is 0. The molecule has 0 aliphatic heterocycles. The van der Waals surface area contributed by atoms with Gasteiger partial charge in [-0.3, -0.25) is 4.79 Å². The zero-order chi connectivity index (χ0) is 16.5. The fraction of sp³-hybridized carbons (Fsp3) is 0.100. The van der Waals surface area contributed by atoms with Gasteiger partial charge in [-0.1, -0.05) is 48.5 Å². The second kappa shape index (κ2) is 5.81. The first-order chi connectivity index (χ1) is 11.7. The summed E-state index contributed by atoms with van der Waals surface area (Å²) in [6, 6.07) is 21.3. The standard InChI is InChI=1S/C20H17N3O/c1-13(19-22-17-11-4-5-12-18(17)23-19)21-20(24)16-10-6-8-14-7-2-3-9-15(14)16/h2-13H,1H3,(H,21,24)(H,22,23). The van der Waals surface area contributed by atoms with E-state index in [4.69, 9.17) is 0 Å². The highest BCUT2D eigenvalue weighted by Gasteiger charge is 2.16. The Balaban J connectivity index is 1.63. The Morgan fingerprint density at radius 2 is 1.75 bits per heavy atom. The molecule has 0 radical (unpaired) electrons. The van der Waals surface area contributed by atoms with Gasteiger partial charge in [-0.15, -0.1) is 0 Å². The number of amides is 1. The Bertz CT molecular complexity index is 997. The van der Waals surface area contributed by atoms with Gasteiger partial charge in [0.2, 0.25) is 0 Å². The number of rotatable bonds is 3. The van der Waals surface area contributed by atoms with Crippen molar-refractivity contribution >= 4 is 27.7 Å². The summed E-state index contributed by atoms with van der Waals surface area (Å²) >= 11 is 0. The van der Waals surface area contributed by atoms with Gasteiger partial charge in [0.1, 0.15) is 5.82 Å². The largest absolute Gasteiger partial charge is 0.342 e. The Kier molecular flexibility index (Phi) is 3.50. The van der Waals surface area contributed by atoms with Crippen molar-refractivity contribution in [2.75, 3.05) is 0 Å². The van der Waals surface area contributed by atoms with Crippen LogP contribution in [0.1, 0.15) is 29.1 Å². The van der Waals surface area contributed by atoms with Crippen LogP contribution in [0, 0.1) is 0 Å². The molecule has 0 bridgehead atoms. The predicted molar refractivity (Wildman–Crippen MR) is 95.9 cm³/mol. The number of fused-ring (bicyclic) bond motifs is 2. The highest BCUT2D eigenvalue weighted by molar-refractivity contribution is 6.07. The van der Waals surface area contributed by atoms with Crippen molar-refractivity contribution < 1.29 is 4.79 Å². The molecular weight excluding hydrogens is 298 g/mol. The van der Waals surface area contributed by atoms with E-state index in [0.717, 1.165) is 27.6 Å². The molecule has 24 heavy (non-hydrogen) atoms. The van der Waals surface area contributed by atoms with Gasteiger partial charge in [0.25, 0.3) is 5.91 Å². The molecule has 0 saturated carbocycles. The molecule has 0 aliphatic rings. The highest BCUT2D eigenvalue weighted by atomic mass is 16.1. The van der Waals surface area contributed by atoms with Gasteiger partial charge >= 0.3 is 0 Å². The number of hydrogen-bond acceptors (Lipinski definition) is 2. The van der Waals surface area contributed by atoms with Crippen LogP contribution in [-0.2, 0) is 0 Å². The van der Waals surface area contributed by atoms with Gasteiger partial charge in [-0.2, -0.15) is 0 Å². The van der Waals surface area contributed by atoms with Crippen molar-refractivity contribution in [2.24, 2.45) is 0 Å². The number of H-pyrrole nitrogens is 1. The van der Waals surface area contributed by atoms with E-state index in [1.807, 2.05) is 73.7 Å². The van der Waals surface area contributed by atoms with Crippen molar-refractivity contribution in [3.05, 3.63) is 78.1 Å². The molecule has 1 amide bonds. The van der Waals surface area contributed by atoms with Crippen LogP contribution < -0.4 is 5.32 Å². The van der Waals surface area contributed by atoms with Gasteiger partial charge in [0.05, 0.1) is 17.1 Å². The summed E-state index contributed by atoms with van der Waals surface area (Å²) in [6.45, 7) is 1.93. The van der Waals surface area contributed by atoms with Crippen LogP contribution in [0.2, 0.25) is 0 Å². The molecule has 4 aromatic rings. The number of aromatic amines is 1. The second-order valence-corrected chi connectivity index (χ2v) is 5.86. The van der Waals surface area contributed by atoms with E-state index < -0.39 is 0 Å². The topological polar surface area (TPSA) is 57.8 Å². The van der Waals surface area contributed by atoms with E-state index >= 15 is 0 Å². The van der Waals surface area contributed by atoms with Crippen molar-refractivity contribution in [2.45, 2.75) is 13.0 Å². The van der Waals surface area contributed by atoms with Crippen molar-refractivity contribution in [1.29, 1.82) is 0 Å². The lowest BCUT2D eigenvalue weighted by atomic mass is 10.0. The molecule has 4 rings (SSSR count). The molecule has 1 atom stereocenters. The molecule has 1 aromatic heterocycles. The molecule has 0 aliphatic carbocycles. The van der Waals surface area contributed by atoms with Crippen LogP contribution in [-0.4, -0.2) is 15.9 Å². The number of nitrogens with one attached hydrogen (secondary N) is 2. The van der Waals surface area contributed by atoms with E-state index in [0.29, 0.717) is 5.56 Å². The maximum absolute atomic E-state index is 12.7. The Morgan fingerprint density at radius 1 is 1.00 bits per heavy atom. The fourth-order valence-electron chi connectivity index (χ4n) is 2.94. The van der Waals surface area contributed by atoms with Gasteiger partial charge in [-0.05, 0) is 35.9 Å². The molecule has 0 fully saturated rings. The molecule has 2 N–H and O–H groups in total. The first-order valence-corrected chi connectivity index (χ1v) is 7.95. The van der Waals surface area contributed by atoms with Crippen LogP contribution in [0.5, 0.6) is 0 Å².